The molecule has 0 spiro atoms. The fourth-order valence-corrected chi connectivity index (χ4v) is 2.26. The van der Waals surface area contributed by atoms with Crippen LogP contribution in [-0.2, 0) is 0 Å². The van der Waals surface area contributed by atoms with Gasteiger partial charge in [0.1, 0.15) is 0 Å². The maximum absolute atomic E-state index is 2.47. The molecule has 0 saturated carbocycles. The van der Waals surface area contributed by atoms with Crippen LogP contribution in [0.5, 0.6) is 0 Å². The van der Waals surface area contributed by atoms with E-state index in [1.807, 2.05) is 0 Å². The van der Waals surface area contributed by atoms with Crippen molar-refractivity contribution < 1.29 is 1.43 Å². The van der Waals surface area contributed by atoms with E-state index in [4.69, 9.17) is 0 Å². The molecule has 0 atom stereocenters. The lowest BCUT2D eigenvalue weighted by atomic mass is 9.87. The Morgan fingerprint density at radius 3 is 1.58 bits per heavy atom. The first-order chi connectivity index (χ1) is 5.97. The summed E-state index contributed by atoms with van der Waals surface area (Å²) in [6, 6.07) is 0. The Hall–Kier alpha value is -0.520. The Labute approximate surface area is 76.8 Å². The molecule has 0 unspecified atom stereocenters. The van der Waals surface area contributed by atoms with Gasteiger partial charge in [-0.05, 0) is 62.5 Å². The minimum atomic E-state index is 0. The van der Waals surface area contributed by atoms with Gasteiger partial charge in [0.05, 0.1) is 0 Å². The highest BCUT2D eigenvalue weighted by Crippen LogP contribution is 2.30. The summed E-state index contributed by atoms with van der Waals surface area (Å²) in [5, 5.41) is 0. The van der Waals surface area contributed by atoms with Crippen LogP contribution in [0.25, 0.3) is 0 Å². The molecule has 12 heavy (non-hydrogen) atoms. The molecule has 2 rings (SSSR count). The molecule has 2 aliphatic rings. The van der Waals surface area contributed by atoms with E-state index in [1.165, 1.54) is 51.4 Å². The molecule has 0 heteroatoms. The lowest BCUT2D eigenvalue weighted by Crippen LogP contribution is -1.99. The first-order valence-corrected chi connectivity index (χ1v) is 5.35. The topological polar surface area (TPSA) is 0 Å². The van der Waals surface area contributed by atoms with E-state index in [0.717, 1.165) is 0 Å². The molecule has 0 amide bonds. The smallest absolute Gasteiger partial charge is 0.0811 e. The van der Waals surface area contributed by atoms with Crippen molar-refractivity contribution in [3.63, 3.8) is 0 Å². The zero-order valence-electron chi connectivity index (χ0n) is 8.81. The third kappa shape index (κ3) is 1.80. The molecular weight excluding hydrogens is 144 g/mol. The maximum Gasteiger partial charge on any atom is 1.00 e. The second-order valence-corrected chi connectivity index (χ2v) is 3.95. The minimum Gasteiger partial charge on any atom is -0.0811 e. The van der Waals surface area contributed by atoms with Gasteiger partial charge in [-0.1, -0.05) is 12.2 Å². The lowest BCUT2D eigenvalue weighted by molar-refractivity contribution is 0.664. The fourth-order valence-electron chi connectivity index (χ4n) is 2.26. The zero-order valence-corrected chi connectivity index (χ0v) is 7.81. The molecule has 0 aromatic heterocycles. The van der Waals surface area contributed by atoms with E-state index in [2.05, 4.69) is 12.2 Å². The summed E-state index contributed by atoms with van der Waals surface area (Å²) in [5.41, 5.74) is 3.36. The van der Waals surface area contributed by atoms with Gasteiger partial charge >= 0.3 is 1.43 Å². The Balaban J connectivity index is 0.000000845. The molecule has 0 aromatic rings. The number of hydrogen-bond acceptors (Lipinski definition) is 0. The first kappa shape index (κ1) is 8.10. The van der Waals surface area contributed by atoms with Crippen LogP contribution in [-0.4, -0.2) is 0 Å². The van der Waals surface area contributed by atoms with Crippen LogP contribution < -0.4 is 0 Å². The Morgan fingerprint density at radius 2 is 1.25 bits per heavy atom. The number of allylic oxidation sites excluding steroid dienone is 4. The average Bonchev–Trinajstić information content (AvgIpc) is 2.21. The standard InChI is InChI=1S/C12H18/c1-3-7-11(8-4-1)12-9-5-2-6-10-12/h7,9H,1-6,8,10H2/p+1. The Bertz CT molecular complexity index is 189. The molecule has 0 bridgehead atoms. The zero-order chi connectivity index (χ0) is 8.23. The predicted molar refractivity (Wildman–Crippen MR) is 54.2 cm³/mol. The normalized spacial score (nSPS) is 24.7. The van der Waals surface area contributed by atoms with Crippen molar-refractivity contribution in [2.75, 3.05) is 0 Å². The Morgan fingerprint density at radius 1 is 0.750 bits per heavy atom. The van der Waals surface area contributed by atoms with E-state index in [9.17, 15) is 0 Å². The van der Waals surface area contributed by atoms with Crippen LogP contribution in [0.15, 0.2) is 23.3 Å². The van der Waals surface area contributed by atoms with Crippen LogP contribution in [0.2, 0.25) is 0 Å². The maximum atomic E-state index is 2.47. The number of rotatable bonds is 1. The van der Waals surface area contributed by atoms with Crippen molar-refractivity contribution in [1.82, 2.24) is 0 Å². The van der Waals surface area contributed by atoms with Gasteiger partial charge in [-0.3, -0.25) is 0 Å². The number of hydrogen-bond donors (Lipinski definition) is 0. The fraction of sp³-hybridized carbons (Fsp3) is 0.667. The molecule has 0 radical (unpaired) electrons. The summed E-state index contributed by atoms with van der Waals surface area (Å²) >= 11 is 0. The molecule has 0 N–H and O–H groups in total. The van der Waals surface area contributed by atoms with Gasteiger partial charge in [0.15, 0.2) is 0 Å². The van der Waals surface area contributed by atoms with Crippen molar-refractivity contribution in [1.29, 1.82) is 0 Å². The third-order valence-electron chi connectivity index (χ3n) is 2.99. The van der Waals surface area contributed by atoms with Crippen LogP contribution in [0, 0.1) is 0 Å². The highest BCUT2D eigenvalue weighted by atomic mass is 14.2. The lowest BCUT2D eigenvalue weighted by Gasteiger charge is -2.19. The van der Waals surface area contributed by atoms with Crippen molar-refractivity contribution in [3.05, 3.63) is 23.3 Å². The second-order valence-electron chi connectivity index (χ2n) is 3.95. The van der Waals surface area contributed by atoms with Crippen LogP contribution >= 0.6 is 0 Å². The molecule has 2 aliphatic carbocycles. The molecule has 0 aliphatic heterocycles. The molecular formula is C12H19+. The summed E-state index contributed by atoms with van der Waals surface area (Å²) in [6.45, 7) is 0. The summed E-state index contributed by atoms with van der Waals surface area (Å²) < 4.78 is 0. The quantitative estimate of drug-likeness (QED) is 0.546. The molecule has 0 saturated heterocycles. The predicted octanol–water partition coefficient (Wildman–Crippen LogP) is 4.10. The van der Waals surface area contributed by atoms with Crippen LogP contribution in [0.4, 0.5) is 0 Å². The van der Waals surface area contributed by atoms with E-state index in [1.54, 1.807) is 11.1 Å². The molecule has 0 fully saturated rings. The SMILES string of the molecule is C1=C(C2=CCCCC2)CCCC1.[H+]. The third-order valence-corrected chi connectivity index (χ3v) is 2.99. The van der Waals surface area contributed by atoms with E-state index >= 15 is 0 Å². The van der Waals surface area contributed by atoms with E-state index in [-0.39, 0.29) is 1.43 Å². The van der Waals surface area contributed by atoms with Gasteiger partial charge in [-0.2, -0.15) is 0 Å². The summed E-state index contributed by atoms with van der Waals surface area (Å²) in [5.74, 6) is 0. The van der Waals surface area contributed by atoms with E-state index < -0.39 is 0 Å². The summed E-state index contributed by atoms with van der Waals surface area (Å²) in [6.07, 6.45) is 16.0. The summed E-state index contributed by atoms with van der Waals surface area (Å²) in [4.78, 5) is 0. The monoisotopic (exact) mass is 163 g/mol. The molecule has 0 aromatic carbocycles. The van der Waals surface area contributed by atoms with Crippen molar-refractivity contribution >= 4 is 0 Å². The van der Waals surface area contributed by atoms with Crippen LogP contribution in [0.3, 0.4) is 0 Å². The van der Waals surface area contributed by atoms with Gasteiger partial charge in [-0.25, -0.2) is 0 Å². The van der Waals surface area contributed by atoms with Gasteiger partial charge < -0.3 is 0 Å². The van der Waals surface area contributed by atoms with Crippen molar-refractivity contribution in [3.8, 4) is 0 Å². The Kier molecular flexibility index (Phi) is 2.65. The average molecular weight is 163 g/mol. The van der Waals surface area contributed by atoms with Crippen molar-refractivity contribution in [2.24, 2.45) is 0 Å². The summed E-state index contributed by atoms with van der Waals surface area (Å²) in [7, 11) is 0. The van der Waals surface area contributed by atoms with Gasteiger partial charge in [0.2, 0.25) is 0 Å². The first-order valence-electron chi connectivity index (χ1n) is 5.35. The van der Waals surface area contributed by atoms with Crippen LogP contribution in [0.1, 0.15) is 52.8 Å². The van der Waals surface area contributed by atoms with E-state index in [0.29, 0.717) is 0 Å². The largest absolute Gasteiger partial charge is 1.00 e. The molecule has 66 valence electrons. The molecule has 0 heterocycles. The molecule has 0 nitrogen and oxygen atoms in total. The highest BCUT2D eigenvalue weighted by Gasteiger charge is 2.10. The second kappa shape index (κ2) is 3.93. The van der Waals surface area contributed by atoms with Crippen molar-refractivity contribution in [2.45, 2.75) is 51.4 Å². The van der Waals surface area contributed by atoms with Gasteiger partial charge in [0.25, 0.3) is 0 Å². The van der Waals surface area contributed by atoms with Gasteiger partial charge in [-0.15, -0.1) is 0 Å². The minimum absolute atomic E-state index is 0. The highest BCUT2D eigenvalue weighted by molar-refractivity contribution is 5.32. The van der Waals surface area contributed by atoms with Gasteiger partial charge in [0, 0.05) is 0 Å².